The maximum absolute atomic E-state index is 5.83. The fraction of sp³-hybridized carbons (Fsp3) is 0.833. The van der Waals surface area contributed by atoms with Crippen LogP contribution in [0.1, 0.15) is 39.0 Å². The monoisotopic (exact) mass is 194 g/mol. The molecule has 80 valence electrons. The SMILES string of the molecule is CCC1(NCC2C=CC(N)C2)CCC1. The topological polar surface area (TPSA) is 38.0 Å². The minimum absolute atomic E-state index is 0.306. The van der Waals surface area contributed by atoms with E-state index in [-0.39, 0.29) is 0 Å². The summed E-state index contributed by atoms with van der Waals surface area (Å²) >= 11 is 0. The lowest BCUT2D eigenvalue weighted by atomic mass is 9.74. The zero-order valence-corrected chi connectivity index (χ0v) is 9.13. The van der Waals surface area contributed by atoms with E-state index >= 15 is 0 Å². The third kappa shape index (κ3) is 2.01. The molecule has 0 aromatic carbocycles. The van der Waals surface area contributed by atoms with Gasteiger partial charge in [0.25, 0.3) is 0 Å². The fourth-order valence-electron chi connectivity index (χ4n) is 2.56. The van der Waals surface area contributed by atoms with E-state index in [4.69, 9.17) is 5.73 Å². The van der Waals surface area contributed by atoms with Crippen molar-refractivity contribution in [2.24, 2.45) is 11.7 Å². The van der Waals surface area contributed by atoms with E-state index in [2.05, 4.69) is 24.4 Å². The maximum Gasteiger partial charge on any atom is 0.0229 e. The Bertz CT molecular complexity index is 213. The van der Waals surface area contributed by atoms with Crippen molar-refractivity contribution in [1.29, 1.82) is 0 Å². The highest BCUT2D eigenvalue weighted by atomic mass is 15.0. The highest BCUT2D eigenvalue weighted by Crippen LogP contribution is 2.34. The Hall–Kier alpha value is -0.340. The largest absolute Gasteiger partial charge is 0.324 e. The van der Waals surface area contributed by atoms with Crippen molar-refractivity contribution in [1.82, 2.24) is 5.32 Å². The molecule has 3 N–H and O–H groups in total. The Labute approximate surface area is 86.9 Å². The van der Waals surface area contributed by atoms with Crippen molar-refractivity contribution in [2.45, 2.75) is 50.6 Å². The minimum atomic E-state index is 0.306. The van der Waals surface area contributed by atoms with Crippen LogP contribution in [0.4, 0.5) is 0 Å². The van der Waals surface area contributed by atoms with Crippen LogP contribution in [-0.4, -0.2) is 18.1 Å². The molecule has 0 aromatic rings. The average molecular weight is 194 g/mol. The predicted octanol–water partition coefficient (Wildman–Crippen LogP) is 1.81. The van der Waals surface area contributed by atoms with Crippen LogP contribution in [-0.2, 0) is 0 Å². The molecule has 14 heavy (non-hydrogen) atoms. The molecule has 2 aliphatic carbocycles. The van der Waals surface area contributed by atoms with Crippen LogP contribution in [0, 0.1) is 5.92 Å². The lowest BCUT2D eigenvalue weighted by Gasteiger charge is -2.43. The summed E-state index contributed by atoms with van der Waals surface area (Å²) in [5.41, 5.74) is 6.32. The van der Waals surface area contributed by atoms with Crippen molar-refractivity contribution in [3.05, 3.63) is 12.2 Å². The second-order valence-corrected chi connectivity index (χ2v) is 4.91. The average Bonchev–Trinajstić information content (AvgIpc) is 2.50. The molecule has 0 bridgehead atoms. The van der Waals surface area contributed by atoms with Gasteiger partial charge in [0, 0.05) is 18.1 Å². The van der Waals surface area contributed by atoms with Crippen molar-refractivity contribution >= 4 is 0 Å². The van der Waals surface area contributed by atoms with Crippen LogP contribution >= 0.6 is 0 Å². The van der Waals surface area contributed by atoms with E-state index < -0.39 is 0 Å². The summed E-state index contributed by atoms with van der Waals surface area (Å²) in [6.07, 6.45) is 11.0. The summed E-state index contributed by atoms with van der Waals surface area (Å²) in [6.45, 7) is 3.42. The van der Waals surface area contributed by atoms with Gasteiger partial charge in [0.05, 0.1) is 0 Å². The Morgan fingerprint density at radius 3 is 2.64 bits per heavy atom. The molecule has 1 saturated carbocycles. The zero-order valence-electron chi connectivity index (χ0n) is 9.13. The van der Waals surface area contributed by atoms with Gasteiger partial charge >= 0.3 is 0 Å². The van der Waals surface area contributed by atoms with Gasteiger partial charge < -0.3 is 11.1 Å². The van der Waals surface area contributed by atoms with Gasteiger partial charge in [-0.05, 0) is 38.0 Å². The van der Waals surface area contributed by atoms with Crippen molar-refractivity contribution in [3.8, 4) is 0 Å². The Morgan fingerprint density at radius 2 is 2.21 bits per heavy atom. The van der Waals surface area contributed by atoms with Crippen molar-refractivity contribution in [3.63, 3.8) is 0 Å². The quantitative estimate of drug-likeness (QED) is 0.670. The van der Waals surface area contributed by atoms with E-state index in [1.807, 2.05) is 0 Å². The molecule has 0 aromatic heterocycles. The molecule has 0 heterocycles. The molecule has 2 rings (SSSR count). The second kappa shape index (κ2) is 4.03. The van der Waals surface area contributed by atoms with Crippen LogP contribution in [0.25, 0.3) is 0 Å². The van der Waals surface area contributed by atoms with Crippen LogP contribution in [0.2, 0.25) is 0 Å². The Morgan fingerprint density at radius 1 is 1.43 bits per heavy atom. The van der Waals surface area contributed by atoms with E-state index in [1.54, 1.807) is 0 Å². The van der Waals surface area contributed by atoms with Gasteiger partial charge in [0.1, 0.15) is 0 Å². The number of nitrogens with two attached hydrogens (primary N) is 1. The Balaban J connectivity index is 1.74. The standard InChI is InChI=1S/C12H22N2/c1-2-12(6-3-7-12)14-9-10-4-5-11(13)8-10/h4-5,10-11,14H,2-3,6-9,13H2,1H3. The zero-order chi connectivity index (χ0) is 10.0. The number of nitrogens with one attached hydrogen (secondary N) is 1. The third-order valence-electron chi connectivity index (χ3n) is 3.93. The van der Waals surface area contributed by atoms with Gasteiger partial charge in [-0.3, -0.25) is 0 Å². The normalized spacial score (nSPS) is 34.4. The van der Waals surface area contributed by atoms with Crippen LogP contribution in [0.15, 0.2) is 12.2 Å². The van der Waals surface area contributed by atoms with E-state index in [1.165, 1.54) is 25.7 Å². The summed E-state index contributed by atoms with van der Waals surface area (Å²) in [5, 5.41) is 3.74. The highest BCUT2D eigenvalue weighted by Gasteiger charge is 2.34. The van der Waals surface area contributed by atoms with Crippen LogP contribution < -0.4 is 11.1 Å². The number of hydrogen-bond donors (Lipinski definition) is 2. The maximum atomic E-state index is 5.83. The summed E-state index contributed by atoms with van der Waals surface area (Å²) < 4.78 is 0. The molecular weight excluding hydrogens is 172 g/mol. The molecule has 0 saturated heterocycles. The fourth-order valence-corrected chi connectivity index (χ4v) is 2.56. The molecule has 0 radical (unpaired) electrons. The van der Waals surface area contributed by atoms with Crippen LogP contribution in [0.3, 0.4) is 0 Å². The molecule has 2 aliphatic rings. The summed E-state index contributed by atoms with van der Waals surface area (Å²) in [6, 6.07) is 0.306. The predicted molar refractivity (Wildman–Crippen MR) is 60.1 cm³/mol. The second-order valence-electron chi connectivity index (χ2n) is 4.91. The van der Waals surface area contributed by atoms with Gasteiger partial charge in [0.15, 0.2) is 0 Å². The Kier molecular flexibility index (Phi) is 2.93. The van der Waals surface area contributed by atoms with E-state index in [0.29, 0.717) is 17.5 Å². The molecule has 0 aliphatic heterocycles. The number of rotatable bonds is 4. The van der Waals surface area contributed by atoms with Crippen molar-refractivity contribution < 1.29 is 0 Å². The first-order chi connectivity index (χ1) is 6.74. The minimum Gasteiger partial charge on any atom is -0.324 e. The van der Waals surface area contributed by atoms with Gasteiger partial charge in [-0.25, -0.2) is 0 Å². The van der Waals surface area contributed by atoms with Crippen LogP contribution in [0.5, 0.6) is 0 Å². The lowest BCUT2D eigenvalue weighted by molar-refractivity contribution is 0.172. The number of hydrogen-bond acceptors (Lipinski definition) is 2. The van der Waals surface area contributed by atoms with E-state index in [9.17, 15) is 0 Å². The van der Waals surface area contributed by atoms with Gasteiger partial charge in [0.2, 0.25) is 0 Å². The lowest BCUT2D eigenvalue weighted by Crippen LogP contribution is -2.51. The summed E-state index contributed by atoms with van der Waals surface area (Å²) in [5.74, 6) is 0.675. The molecule has 0 spiro atoms. The molecular formula is C12H22N2. The first-order valence-electron chi connectivity index (χ1n) is 5.93. The van der Waals surface area contributed by atoms with Gasteiger partial charge in [-0.2, -0.15) is 0 Å². The first-order valence-corrected chi connectivity index (χ1v) is 5.93. The summed E-state index contributed by atoms with van der Waals surface area (Å²) in [7, 11) is 0. The molecule has 2 unspecified atom stereocenters. The third-order valence-corrected chi connectivity index (χ3v) is 3.93. The smallest absolute Gasteiger partial charge is 0.0229 e. The van der Waals surface area contributed by atoms with E-state index in [0.717, 1.165) is 13.0 Å². The van der Waals surface area contributed by atoms with Gasteiger partial charge in [-0.15, -0.1) is 0 Å². The summed E-state index contributed by atoms with van der Waals surface area (Å²) in [4.78, 5) is 0. The molecule has 1 fully saturated rings. The first kappa shape index (κ1) is 10.2. The molecule has 2 heteroatoms. The highest BCUT2D eigenvalue weighted by molar-refractivity contribution is 5.06. The van der Waals surface area contributed by atoms with Gasteiger partial charge in [-0.1, -0.05) is 19.1 Å². The molecule has 2 nitrogen and oxygen atoms in total. The molecule has 2 atom stereocenters. The van der Waals surface area contributed by atoms with Crippen molar-refractivity contribution in [2.75, 3.05) is 6.54 Å². The molecule has 0 amide bonds.